The summed E-state index contributed by atoms with van der Waals surface area (Å²) in [5.74, 6) is 2.32. The van der Waals surface area contributed by atoms with Crippen LogP contribution in [0.1, 0.15) is 10.9 Å². The quantitative estimate of drug-likeness (QED) is 0.752. The average Bonchev–Trinajstić information content (AvgIpc) is 3.15. The summed E-state index contributed by atoms with van der Waals surface area (Å²) in [6.07, 6.45) is 0. The van der Waals surface area contributed by atoms with Gasteiger partial charge in [0.05, 0.1) is 15.7 Å². The molecule has 2 aliphatic rings. The number of nitrogens with zero attached hydrogens (tertiary/aromatic N) is 1. The van der Waals surface area contributed by atoms with Gasteiger partial charge in [0.15, 0.2) is 11.5 Å². The maximum Gasteiger partial charge on any atom is 0.323 e. The van der Waals surface area contributed by atoms with Gasteiger partial charge >= 0.3 is 6.03 Å². The maximum atomic E-state index is 12.8. The molecule has 0 aromatic heterocycles. The molecule has 2 aliphatic heterocycles. The summed E-state index contributed by atoms with van der Waals surface area (Å²) >= 11 is 13.9. The third-order valence-electron chi connectivity index (χ3n) is 4.20. The van der Waals surface area contributed by atoms with E-state index in [9.17, 15) is 4.79 Å². The molecule has 2 amide bonds. The van der Waals surface area contributed by atoms with Crippen molar-refractivity contribution in [3.8, 4) is 11.5 Å². The summed E-state index contributed by atoms with van der Waals surface area (Å²) in [4.78, 5) is 14.6. The molecule has 0 saturated carbocycles. The second-order valence-electron chi connectivity index (χ2n) is 5.85. The van der Waals surface area contributed by atoms with Crippen molar-refractivity contribution in [3.05, 3.63) is 52.0 Å². The van der Waals surface area contributed by atoms with Gasteiger partial charge in [-0.3, -0.25) is 0 Å². The standard InChI is InChI=1S/C18H16Cl2N2O3S/c19-12-2-1-3-13(16(12)20)21-18(23)22-6-9-26-17(22)11-4-5-14-15(10-11)25-8-7-24-14/h1-5,10,17H,6-9H2,(H,21,23). The minimum atomic E-state index is -0.209. The summed E-state index contributed by atoms with van der Waals surface area (Å²) in [5, 5.41) is 3.51. The first-order chi connectivity index (χ1) is 12.6. The van der Waals surface area contributed by atoms with E-state index in [2.05, 4.69) is 5.32 Å². The number of ether oxygens (including phenoxy) is 2. The second-order valence-corrected chi connectivity index (χ2v) is 7.82. The molecule has 0 spiro atoms. The zero-order valence-corrected chi connectivity index (χ0v) is 16.0. The predicted octanol–water partition coefficient (Wildman–Crippen LogP) is 5.04. The van der Waals surface area contributed by atoms with Crippen LogP contribution in [0.15, 0.2) is 36.4 Å². The van der Waals surface area contributed by atoms with E-state index in [0.29, 0.717) is 35.5 Å². The highest BCUT2D eigenvalue weighted by Gasteiger charge is 2.32. The van der Waals surface area contributed by atoms with Gasteiger partial charge in [-0.2, -0.15) is 0 Å². The monoisotopic (exact) mass is 410 g/mol. The Kier molecular flexibility index (Phi) is 5.07. The Bertz CT molecular complexity index is 849. The highest BCUT2D eigenvalue weighted by Crippen LogP contribution is 2.42. The van der Waals surface area contributed by atoms with E-state index in [1.165, 1.54) is 0 Å². The van der Waals surface area contributed by atoms with Crippen LogP contribution in [0.5, 0.6) is 11.5 Å². The number of carbonyl (C=O) groups excluding carboxylic acids is 1. The van der Waals surface area contributed by atoms with Gasteiger partial charge in [-0.25, -0.2) is 4.79 Å². The molecule has 26 heavy (non-hydrogen) atoms. The summed E-state index contributed by atoms with van der Waals surface area (Å²) in [7, 11) is 0. The van der Waals surface area contributed by atoms with Gasteiger partial charge < -0.3 is 19.7 Å². The van der Waals surface area contributed by atoms with Gasteiger partial charge in [-0.1, -0.05) is 35.3 Å². The van der Waals surface area contributed by atoms with Crippen molar-refractivity contribution in [2.24, 2.45) is 0 Å². The zero-order valence-electron chi connectivity index (χ0n) is 13.7. The first kappa shape index (κ1) is 17.6. The van der Waals surface area contributed by atoms with Crippen LogP contribution in [0, 0.1) is 0 Å². The zero-order chi connectivity index (χ0) is 18.1. The SMILES string of the molecule is O=C(Nc1cccc(Cl)c1Cl)N1CCSC1c1ccc2c(c1)OCCO2. The number of nitrogens with one attached hydrogen (secondary N) is 1. The lowest BCUT2D eigenvalue weighted by molar-refractivity contribution is 0.171. The molecule has 0 bridgehead atoms. The summed E-state index contributed by atoms with van der Waals surface area (Å²) < 4.78 is 11.2. The van der Waals surface area contributed by atoms with Gasteiger partial charge in [0.2, 0.25) is 0 Å². The van der Waals surface area contributed by atoms with Gasteiger partial charge in [0.1, 0.15) is 18.6 Å². The normalized spacial score (nSPS) is 18.7. The van der Waals surface area contributed by atoms with Crippen LogP contribution < -0.4 is 14.8 Å². The minimum absolute atomic E-state index is 0.0937. The number of benzene rings is 2. The summed E-state index contributed by atoms with van der Waals surface area (Å²) in [6, 6.07) is 10.8. The fraction of sp³-hybridized carbons (Fsp3) is 0.278. The number of hydrogen-bond acceptors (Lipinski definition) is 4. The smallest absolute Gasteiger partial charge is 0.323 e. The lowest BCUT2D eigenvalue weighted by Crippen LogP contribution is -2.34. The number of urea groups is 1. The van der Waals surface area contributed by atoms with Gasteiger partial charge in [-0.15, -0.1) is 11.8 Å². The molecule has 8 heteroatoms. The van der Waals surface area contributed by atoms with E-state index in [-0.39, 0.29) is 11.4 Å². The fourth-order valence-electron chi connectivity index (χ4n) is 2.96. The molecule has 136 valence electrons. The van der Waals surface area contributed by atoms with Crippen molar-refractivity contribution in [3.63, 3.8) is 0 Å². The van der Waals surface area contributed by atoms with Crippen molar-refractivity contribution < 1.29 is 14.3 Å². The van der Waals surface area contributed by atoms with Crippen LogP contribution in [0.25, 0.3) is 0 Å². The predicted molar refractivity (Wildman–Crippen MR) is 105 cm³/mol. The van der Waals surface area contributed by atoms with E-state index in [0.717, 1.165) is 22.8 Å². The number of hydrogen-bond donors (Lipinski definition) is 1. The Hall–Kier alpha value is -1.76. The van der Waals surface area contributed by atoms with E-state index in [1.54, 1.807) is 34.9 Å². The molecule has 1 saturated heterocycles. The van der Waals surface area contributed by atoms with Gasteiger partial charge in [0, 0.05) is 12.3 Å². The van der Waals surface area contributed by atoms with Crippen LogP contribution in [0.4, 0.5) is 10.5 Å². The van der Waals surface area contributed by atoms with Crippen LogP contribution in [-0.4, -0.2) is 36.4 Å². The number of halogens is 2. The average molecular weight is 411 g/mol. The van der Waals surface area contributed by atoms with Crippen LogP contribution >= 0.6 is 35.0 Å². The second kappa shape index (κ2) is 7.47. The largest absolute Gasteiger partial charge is 0.486 e. The fourth-order valence-corrected chi connectivity index (χ4v) is 4.55. The molecule has 4 rings (SSSR count). The van der Waals surface area contributed by atoms with Gasteiger partial charge in [-0.05, 0) is 29.8 Å². The number of rotatable bonds is 2. The van der Waals surface area contributed by atoms with Crippen molar-refractivity contribution in [2.75, 3.05) is 30.8 Å². The van der Waals surface area contributed by atoms with Crippen molar-refractivity contribution in [1.82, 2.24) is 4.90 Å². The topological polar surface area (TPSA) is 50.8 Å². The number of fused-ring (bicyclic) bond motifs is 1. The Morgan fingerprint density at radius 1 is 1.15 bits per heavy atom. The van der Waals surface area contributed by atoms with Crippen LogP contribution in [0.3, 0.4) is 0 Å². The molecule has 1 N–H and O–H groups in total. The Labute approximate surface area is 165 Å². The first-order valence-corrected chi connectivity index (χ1v) is 9.97. The summed E-state index contributed by atoms with van der Waals surface area (Å²) in [5.41, 5.74) is 1.51. The van der Waals surface area contributed by atoms with E-state index in [1.807, 2.05) is 18.2 Å². The van der Waals surface area contributed by atoms with E-state index < -0.39 is 0 Å². The maximum absolute atomic E-state index is 12.8. The molecular formula is C18H16Cl2N2O3S. The molecule has 2 aromatic carbocycles. The molecule has 1 unspecified atom stereocenters. The molecule has 1 atom stereocenters. The Morgan fingerprint density at radius 2 is 1.96 bits per heavy atom. The molecule has 0 aliphatic carbocycles. The Balaban J connectivity index is 1.54. The van der Waals surface area contributed by atoms with Gasteiger partial charge in [0.25, 0.3) is 0 Å². The van der Waals surface area contributed by atoms with E-state index >= 15 is 0 Å². The number of amides is 2. The molecular weight excluding hydrogens is 395 g/mol. The molecule has 0 radical (unpaired) electrons. The van der Waals surface area contributed by atoms with Crippen LogP contribution in [0.2, 0.25) is 10.0 Å². The third-order valence-corrected chi connectivity index (χ3v) is 6.28. The van der Waals surface area contributed by atoms with E-state index in [4.69, 9.17) is 32.7 Å². The molecule has 2 aromatic rings. The lowest BCUT2D eigenvalue weighted by atomic mass is 10.1. The molecule has 2 heterocycles. The number of anilines is 1. The molecule has 1 fully saturated rings. The van der Waals surface area contributed by atoms with Crippen molar-refractivity contribution in [1.29, 1.82) is 0 Å². The number of carbonyl (C=O) groups is 1. The highest BCUT2D eigenvalue weighted by atomic mass is 35.5. The van der Waals surface area contributed by atoms with Crippen molar-refractivity contribution >= 4 is 46.7 Å². The Morgan fingerprint density at radius 3 is 2.81 bits per heavy atom. The lowest BCUT2D eigenvalue weighted by Gasteiger charge is -2.26. The minimum Gasteiger partial charge on any atom is -0.486 e. The highest BCUT2D eigenvalue weighted by molar-refractivity contribution is 7.99. The number of thioether (sulfide) groups is 1. The molecule has 5 nitrogen and oxygen atoms in total. The van der Waals surface area contributed by atoms with Crippen molar-refractivity contribution in [2.45, 2.75) is 5.37 Å². The van der Waals surface area contributed by atoms with Crippen LogP contribution in [-0.2, 0) is 0 Å². The first-order valence-electron chi connectivity index (χ1n) is 8.16. The third kappa shape index (κ3) is 3.41. The summed E-state index contributed by atoms with van der Waals surface area (Å²) in [6.45, 7) is 1.74.